The molecule has 0 heterocycles. The van der Waals surface area contributed by atoms with Crippen molar-refractivity contribution in [2.24, 2.45) is 0 Å². The highest BCUT2D eigenvalue weighted by Crippen LogP contribution is 2.15. The van der Waals surface area contributed by atoms with Crippen molar-refractivity contribution < 1.29 is 19.1 Å². The summed E-state index contributed by atoms with van der Waals surface area (Å²) in [5.41, 5.74) is 6.28. The largest absolute Gasteiger partial charge is 0.444 e. The van der Waals surface area contributed by atoms with Crippen LogP contribution in [0.3, 0.4) is 0 Å². The Morgan fingerprint density at radius 3 is 2.00 bits per heavy atom. The normalized spacial score (nSPS) is 10.7. The number of benzene rings is 2. The molecule has 0 spiro atoms. The van der Waals surface area contributed by atoms with Crippen LogP contribution >= 0.6 is 0 Å². The minimum atomic E-state index is -0.632. The minimum Gasteiger partial charge on any atom is -0.444 e. The van der Waals surface area contributed by atoms with Crippen molar-refractivity contribution in [1.29, 1.82) is 0 Å². The molecule has 0 atom stereocenters. The van der Waals surface area contributed by atoms with Crippen molar-refractivity contribution in [2.75, 3.05) is 23.3 Å². The Labute approximate surface area is 182 Å². The summed E-state index contributed by atoms with van der Waals surface area (Å²) >= 11 is 0. The van der Waals surface area contributed by atoms with Gasteiger partial charge in [0.2, 0.25) is 0 Å². The minimum absolute atomic E-state index is 0.269. The number of nitrogens with one attached hydrogen (secondary N) is 3. The number of amides is 3. The average molecular weight is 427 g/mol. The lowest BCUT2D eigenvalue weighted by molar-refractivity contribution is 0.0635. The van der Waals surface area contributed by atoms with E-state index in [2.05, 4.69) is 34.9 Å². The van der Waals surface area contributed by atoms with Crippen molar-refractivity contribution >= 4 is 29.3 Å². The van der Waals surface area contributed by atoms with Crippen molar-refractivity contribution in [3.8, 4) is 0 Å². The van der Waals surface area contributed by atoms with Gasteiger partial charge in [0.1, 0.15) is 5.60 Å². The summed E-state index contributed by atoms with van der Waals surface area (Å²) in [5, 5.41) is 2.58. The standard InChI is InChI=1S/C23H30N4O4/c1-6-27(7-2)19-13-11-16(12-14-19)20(28)25-26-21(29)17-9-8-10-18(15-17)24-22(30)31-23(3,4)5/h8-15H,6-7H2,1-5H3,(H,24,30)(H,25,28)(H,26,29). The summed E-state index contributed by atoms with van der Waals surface area (Å²) in [6.45, 7) is 11.2. The Bertz CT molecular complexity index is 916. The fourth-order valence-corrected chi connectivity index (χ4v) is 2.83. The van der Waals surface area contributed by atoms with Gasteiger partial charge in [-0.25, -0.2) is 4.79 Å². The molecule has 3 N–H and O–H groups in total. The number of rotatable bonds is 6. The summed E-state index contributed by atoms with van der Waals surface area (Å²) in [5.74, 6) is -0.941. The molecule has 3 amide bonds. The topological polar surface area (TPSA) is 99.8 Å². The third-order valence-electron chi connectivity index (χ3n) is 4.32. The lowest BCUT2D eigenvalue weighted by atomic mass is 10.2. The highest BCUT2D eigenvalue weighted by Gasteiger charge is 2.17. The first kappa shape index (κ1) is 23.7. The maximum absolute atomic E-state index is 12.4. The molecule has 0 saturated carbocycles. The fourth-order valence-electron chi connectivity index (χ4n) is 2.83. The molecule has 0 saturated heterocycles. The van der Waals surface area contributed by atoms with Gasteiger partial charge in [-0.05, 0) is 77.1 Å². The highest BCUT2D eigenvalue weighted by atomic mass is 16.6. The molecule has 8 heteroatoms. The second-order valence-electron chi connectivity index (χ2n) is 7.84. The van der Waals surface area contributed by atoms with Crippen LogP contribution in [0, 0.1) is 0 Å². The zero-order valence-corrected chi connectivity index (χ0v) is 18.6. The maximum Gasteiger partial charge on any atom is 0.412 e. The van der Waals surface area contributed by atoms with E-state index >= 15 is 0 Å². The quantitative estimate of drug-likeness (QED) is 0.607. The molecule has 2 aromatic rings. The van der Waals surface area contributed by atoms with Crippen LogP contribution in [0.15, 0.2) is 48.5 Å². The summed E-state index contributed by atoms with van der Waals surface area (Å²) in [7, 11) is 0. The predicted molar refractivity (Wildman–Crippen MR) is 121 cm³/mol. The van der Waals surface area contributed by atoms with Crippen LogP contribution in [0.2, 0.25) is 0 Å². The second-order valence-corrected chi connectivity index (χ2v) is 7.84. The molecule has 0 aliphatic carbocycles. The van der Waals surface area contributed by atoms with Gasteiger partial charge in [-0.3, -0.25) is 25.8 Å². The number of anilines is 2. The molecule has 0 bridgehead atoms. The van der Waals surface area contributed by atoms with Crippen LogP contribution in [-0.4, -0.2) is 36.6 Å². The van der Waals surface area contributed by atoms with Gasteiger partial charge in [-0.15, -0.1) is 0 Å². The molecule has 0 fully saturated rings. The van der Waals surface area contributed by atoms with E-state index in [1.165, 1.54) is 6.07 Å². The Morgan fingerprint density at radius 2 is 1.45 bits per heavy atom. The maximum atomic E-state index is 12.4. The summed E-state index contributed by atoms with van der Waals surface area (Å²) in [6.07, 6.45) is -0.619. The number of hydrazine groups is 1. The lowest BCUT2D eigenvalue weighted by Gasteiger charge is -2.21. The van der Waals surface area contributed by atoms with E-state index in [4.69, 9.17) is 4.74 Å². The van der Waals surface area contributed by atoms with Gasteiger partial charge in [0, 0.05) is 35.6 Å². The van der Waals surface area contributed by atoms with Gasteiger partial charge >= 0.3 is 6.09 Å². The molecule has 0 radical (unpaired) electrons. The van der Waals surface area contributed by atoms with E-state index < -0.39 is 23.5 Å². The molecule has 31 heavy (non-hydrogen) atoms. The van der Waals surface area contributed by atoms with E-state index in [0.29, 0.717) is 11.3 Å². The molecule has 0 aliphatic rings. The average Bonchev–Trinajstić information content (AvgIpc) is 2.72. The van der Waals surface area contributed by atoms with Crippen molar-refractivity contribution in [2.45, 2.75) is 40.2 Å². The molecule has 0 unspecified atom stereocenters. The number of hydrogen-bond donors (Lipinski definition) is 3. The van der Waals surface area contributed by atoms with E-state index in [-0.39, 0.29) is 5.56 Å². The molecule has 0 aromatic heterocycles. The SMILES string of the molecule is CCN(CC)c1ccc(C(=O)NNC(=O)c2cccc(NC(=O)OC(C)(C)C)c2)cc1. The smallest absolute Gasteiger partial charge is 0.412 e. The van der Waals surface area contributed by atoms with Gasteiger partial charge < -0.3 is 9.64 Å². The van der Waals surface area contributed by atoms with Crippen LogP contribution in [0.25, 0.3) is 0 Å². The molecule has 2 rings (SSSR count). The van der Waals surface area contributed by atoms with E-state index in [1.54, 1.807) is 51.1 Å². The van der Waals surface area contributed by atoms with Crippen LogP contribution in [0.5, 0.6) is 0 Å². The summed E-state index contributed by atoms with van der Waals surface area (Å²) < 4.78 is 5.20. The van der Waals surface area contributed by atoms with Crippen molar-refractivity contribution in [3.63, 3.8) is 0 Å². The second kappa shape index (κ2) is 10.5. The van der Waals surface area contributed by atoms with Crippen molar-refractivity contribution in [1.82, 2.24) is 10.9 Å². The lowest BCUT2D eigenvalue weighted by Crippen LogP contribution is -2.41. The van der Waals surface area contributed by atoms with Gasteiger partial charge in [-0.1, -0.05) is 6.07 Å². The van der Waals surface area contributed by atoms with E-state index in [0.717, 1.165) is 18.8 Å². The Kier molecular flexibility index (Phi) is 8.01. The number of carbonyl (C=O) groups excluding carboxylic acids is 3. The Morgan fingerprint density at radius 1 is 0.871 bits per heavy atom. The molecule has 8 nitrogen and oxygen atoms in total. The molecule has 166 valence electrons. The molecule has 0 aliphatic heterocycles. The first-order valence-corrected chi connectivity index (χ1v) is 10.2. The van der Waals surface area contributed by atoms with Gasteiger partial charge in [0.25, 0.3) is 11.8 Å². The first-order chi connectivity index (χ1) is 14.6. The number of ether oxygens (including phenoxy) is 1. The predicted octanol–water partition coefficient (Wildman–Crippen LogP) is 3.95. The van der Waals surface area contributed by atoms with Crippen LogP contribution in [0.1, 0.15) is 55.3 Å². The van der Waals surface area contributed by atoms with Crippen LogP contribution in [0.4, 0.5) is 16.2 Å². The fraction of sp³-hybridized carbons (Fsp3) is 0.348. The number of carbonyl (C=O) groups is 3. The van der Waals surface area contributed by atoms with Crippen LogP contribution < -0.4 is 21.1 Å². The third-order valence-corrected chi connectivity index (χ3v) is 4.32. The first-order valence-electron chi connectivity index (χ1n) is 10.2. The third kappa shape index (κ3) is 7.33. The molecular weight excluding hydrogens is 396 g/mol. The van der Waals surface area contributed by atoms with Crippen LogP contribution in [-0.2, 0) is 4.74 Å². The summed E-state index contributed by atoms with van der Waals surface area (Å²) in [6, 6.07) is 13.5. The summed E-state index contributed by atoms with van der Waals surface area (Å²) in [4.78, 5) is 38.8. The zero-order chi connectivity index (χ0) is 23.0. The Hall–Kier alpha value is -3.55. The van der Waals surface area contributed by atoms with Gasteiger partial charge in [0.05, 0.1) is 0 Å². The molecular formula is C23H30N4O4. The van der Waals surface area contributed by atoms with Gasteiger partial charge in [-0.2, -0.15) is 0 Å². The Balaban J connectivity index is 1.95. The van der Waals surface area contributed by atoms with Gasteiger partial charge in [0.15, 0.2) is 0 Å². The number of nitrogens with zero attached hydrogens (tertiary/aromatic N) is 1. The van der Waals surface area contributed by atoms with Crippen molar-refractivity contribution in [3.05, 3.63) is 59.7 Å². The van der Waals surface area contributed by atoms with E-state index in [1.807, 2.05) is 12.1 Å². The molecule has 2 aromatic carbocycles. The van der Waals surface area contributed by atoms with E-state index in [9.17, 15) is 14.4 Å². The zero-order valence-electron chi connectivity index (χ0n) is 18.6. The number of hydrogen-bond acceptors (Lipinski definition) is 5. The highest BCUT2D eigenvalue weighted by molar-refractivity contribution is 6.00. The monoisotopic (exact) mass is 426 g/mol.